The highest BCUT2D eigenvalue weighted by atomic mass is 35.5. The molecule has 1 unspecified atom stereocenters. The molecule has 0 spiro atoms. The van der Waals surface area contributed by atoms with Gasteiger partial charge in [0.15, 0.2) is 0 Å². The Bertz CT molecular complexity index is 1140. The van der Waals surface area contributed by atoms with Gasteiger partial charge in [-0.2, -0.15) is 5.10 Å². The van der Waals surface area contributed by atoms with Crippen molar-refractivity contribution >= 4 is 34.6 Å². The Morgan fingerprint density at radius 2 is 2.06 bits per heavy atom. The molecule has 2 aliphatic heterocycles. The first-order valence-corrected chi connectivity index (χ1v) is 11.6. The lowest BCUT2D eigenvalue weighted by Gasteiger charge is -2.36. The van der Waals surface area contributed by atoms with Crippen LogP contribution in [0, 0.1) is 0 Å². The van der Waals surface area contributed by atoms with E-state index in [1.807, 2.05) is 30.3 Å². The number of fused-ring (bicyclic) bond motifs is 2. The van der Waals surface area contributed by atoms with Crippen molar-refractivity contribution in [1.82, 2.24) is 19.8 Å². The van der Waals surface area contributed by atoms with E-state index in [4.69, 9.17) is 11.6 Å². The Morgan fingerprint density at radius 1 is 1.16 bits per heavy atom. The van der Waals surface area contributed by atoms with Crippen molar-refractivity contribution in [1.29, 1.82) is 0 Å². The number of hydrazone groups is 1. The molecule has 0 aliphatic carbocycles. The molecule has 2 aromatic carbocycles. The summed E-state index contributed by atoms with van der Waals surface area (Å²) in [6, 6.07) is 16.7. The molecule has 2 saturated heterocycles. The molecule has 2 aliphatic rings. The van der Waals surface area contributed by atoms with Gasteiger partial charge in [-0.3, -0.25) is 14.6 Å². The first kappa shape index (κ1) is 21.2. The number of nitrogens with zero attached hydrogens (tertiary/aromatic N) is 4. The van der Waals surface area contributed by atoms with Crippen LogP contribution >= 0.6 is 11.6 Å². The fourth-order valence-corrected chi connectivity index (χ4v) is 5.17. The molecule has 1 N–H and O–H groups in total. The normalized spacial score (nSPS) is 19.6. The zero-order valence-corrected chi connectivity index (χ0v) is 18.8. The summed E-state index contributed by atoms with van der Waals surface area (Å²) in [6.07, 6.45) is 6.33. The van der Waals surface area contributed by atoms with Crippen LogP contribution in [0.4, 0.5) is 0 Å². The molecule has 166 valence electrons. The molecule has 1 aromatic heterocycles. The standard InChI is InChI=1S/C25H28ClN5O/c26-21-6-3-5-19(13-21)15-31-16-20(23-8-1-2-9-24(23)31)14-27-28-25(32)18-29-11-12-30-10-4-7-22(30)17-29/h1-3,5-6,8-9,13-14,16,22H,4,7,10-12,15,17-18H2,(H,28,32). The molecule has 0 bridgehead atoms. The molecule has 1 amide bonds. The van der Waals surface area contributed by atoms with Crippen LogP contribution in [0.25, 0.3) is 10.9 Å². The number of piperazine rings is 1. The second-order valence-electron chi connectivity index (χ2n) is 8.72. The van der Waals surface area contributed by atoms with E-state index in [9.17, 15) is 4.79 Å². The molecule has 6 nitrogen and oxygen atoms in total. The van der Waals surface area contributed by atoms with Gasteiger partial charge < -0.3 is 4.57 Å². The van der Waals surface area contributed by atoms with Crippen LogP contribution in [0.2, 0.25) is 5.02 Å². The maximum atomic E-state index is 12.4. The average molecular weight is 450 g/mol. The Kier molecular flexibility index (Phi) is 6.26. The van der Waals surface area contributed by atoms with Crippen LogP contribution in [0.3, 0.4) is 0 Å². The van der Waals surface area contributed by atoms with Crippen molar-refractivity contribution in [2.75, 3.05) is 32.7 Å². The quantitative estimate of drug-likeness (QED) is 0.462. The molecule has 32 heavy (non-hydrogen) atoms. The van der Waals surface area contributed by atoms with E-state index in [0.29, 0.717) is 19.1 Å². The first-order valence-electron chi connectivity index (χ1n) is 11.3. The van der Waals surface area contributed by atoms with Crippen molar-refractivity contribution in [3.8, 4) is 0 Å². The third-order valence-corrected chi connectivity index (χ3v) is 6.73. The Balaban J connectivity index is 1.24. The maximum Gasteiger partial charge on any atom is 0.254 e. The number of rotatable bonds is 6. The van der Waals surface area contributed by atoms with Crippen molar-refractivity contribution in [3.63, 3.8) is 0 Å². The summed E-state index contributed by atoms with van der Waals surface area (Å²) in [5, 5.41) is 6.10. The lowest BCUT2D eigenvalue weighted by molar-refractivity contribution is -0.122. The fourth-order valence-electron chi connectivity index (χ4n) is 4.95. The minimum atomic E-state index is -0.0598. The molecule has 3 heterocycles. The highest BCUT2D eigenvalue weighted by Crippen LogP contribution is 2.23. The lowest BCUT2D eigenvalue weighted by Crippen LogP contribution is -2.52. The number of hydrogen-bond acceptors (Lipinski definition) is 4. The molecular weight excluding hydrogens is 422 g/mol. The number of amides is 1. The molecule has 0 saturated carbocycles. The highest BCUT2D eigenvalue weighted by Gasteiger charge is 2.30. The van der Waals surface area contributed by atoms with E-state index in [2.05, 4.69) is 49.3 Å². The summed E-state index contributed by atoms with van der Waals surface area (Å²) in [6.45, 7) is 5.32. The van der Waals surface area contributed by atoms with E-state index >= 15 is 0 Å². The van der Waals surface area contributed by atoms with Gasteiger partial charge >= 0.3 is 0 Å². The summed E-state index contributed by atoms with van der Waals surface area (Å²) in [5.41, 5.74) is 5.95. The largest absolute Gasteiger partial charge is 0.342 e. The highest BCUT2D eigenvalue weighted by molar-refractivity contribution is 6.30. The summed E-state index contributed by atoms with van der Waals surface area (Å²) in [7, 11) is 0. The Morgan fingerprint density at radius 3 is 2.97 bits per heavy atom. The van der Waals surface area contributed by atoms with Crippen LogP contribution in [0.5, 0.6) is 0 Å². The van der Waals surface area contributed by atoms with Crippen LogP contribution in [-0.2, 0) is 11.3 Å². The third-order valence-electron chi connectivity index (χ3n) is 6.49. The molecule has 0 radical (unpaired) electrons. The van der Waals surface area contributed by atoms with Gasteiger partial charge in [0.25, 0.3) is 5.91 Å². The predicted molar refractivity (Wildman–Crippen MR) is 129 cm³/mol. The van der Waals surface area contributed by atoms with E-state index < -0.39 is 0 Å². The second kappa shape index (κ2) is 9.45. The Hall–Kier alpha value is -2.67. The van der Waals surface area contributed by atoms with Gasteiger partial charge in [-0.1, -0.05) is 41.9 Å². The molecule has 5 rings (SSSR count). The number of hydrogen-bond donors (Lipinski definition) is 1. The van der Waals surface area contributed by atoms with Crippen molar-refractivity contribution < 1.29 is 4.79 Å². The predicted octanol–water partition coefficient (Wildman–Crippen LogP) is 3.57. The van der Waals surface area contributed by atoms with E-state index in [1.54, 1.807) is 6.21 Å². The van der Waals surface area contributed by atoms with E-state index in [0.717, 1.165) is 46.7 Å². The zero-order chi connectivity index (χ0) is 21.9. The topological polar surface area (TPSA) is 52.9 Å². The molecule has 1 atom stereocenters. The van der Waals surface area contributed by atoms with Crippen LogP contribution in [-0.4, -0.2) is 65.3 Å². The maximum absolute atomic E-state index is 12.4. The van der Waals surface area contributed by atoms with Gasteiger partial charge in [-0.15, -0.1) is 0 Å². The summed E-state index contributed by atoms with van der Waals surface area (Å²) < 4.78 is 2.19. The zero-order valence-electron chi connectivity index (χ0n) is 18.1. The van der Waals surface area contributed by atoms with Gasteiger partial charge in [0.1, 0.15) is 0 Å². The summed E-state index contributed by atoms with van der Waals surface area (Å²) in [5.74, 6) is -0.0598. The first-order chi connectivity index (χ1) is 15.7. The number of carbonyl (C=O) groups is 1. The molecular formula is C25H28ClN5O. The number of halogens is 1. The summed E-state index contributed by atoms with van der Waals surface area (Å²) in [4.78, 5) is 17.2. The smallest absolute Gasteiger partial charge is 0.254 e. The van der Waals surface area contributed by atoms with Crippen LogP contribution in [0.15, 0.2) is 59.8 Å². The number of benzene rings is 2. The van der Waals surface area contributed by atoms with E-state index in [1.165, 1.54) is 19.4 Å². The van der Waals surface area contributed by atoms with Crippen LogP contribution in [0.1, 0.15) is 24.0 Å². The van der Waals surface area contributed by atoms with Gasteiger partial charge in [-0.25, -0.2) is 5.43 Å². The third kappa shape index (κ3) is 4.72. The summed E-state index contributed by atoms with van der Waals surface area (Å²) >= 11 is 6.15. The van der Waals surface area contributed by atoms with Gasteiger partial charge in [0.05, 0.1) is 12.8 Å². The minimum Gasteiger partial charge on any atom is -0.342 e. The van der Waals surface area contributed by atoms with Crippen molar-refractivity contribution in [2.45, 2.75) is 25.4 Å². The van der Waals surface area contributed by atoms with Gasteiger partial charge in [-0.05, 0) is 43.1 Å². The lowest BCUT2D eigenvalue weighted by atomic mass is 10.1. The van der Waals surface area contributed by atoms with Crippen molar-refractivity contribution in [3.05, 3.63) is 70.9 Å². The second-order valence-corrected chi connectivity index (χ2v) is 9.16. The average Bonchev–Trinajstić information content (AvgIpc) is 3.39. The van der Waals surface area contributed by atoms with Crippen LogP contribution < -0.4 is 5.43 Å². The van der Waals surface area contributed by atoms with Gasteiger partial charge in [0.2, 0.25) is 0 Å². The fraction of sp³-hybridized carbons (Fsp3) is 0.360. The number of para-hydroxylation sites is 1. The van der Waals surface area contributed by atoms with E-state index in [-0.39, 0.29) is 5.91 Å². The number of aromatic nitrogens is 1. The SMILES string of the molecule is O=C(CN1CCN2CCCC2C1)NN=Cc1cn(Cc2cccc(Cl)c2)c2ccccc12. The van der Waals surface area contributed by atoms with Gasteiger partial charge in [0, 0.05) is 59.9 Å². The monoisotopic (exact) mass is 449 g/mol. The molecule has 3 aromatic rings. The Labute approximate surface area is 193 Å². The number of nitrogens with one attached hydrogen (secondary N) is 1. The van der Waals surface area contributed by atoms with Crippen molar-refractivity contribution in [2.24, 2.45) is 5.10 Å². The molecule has 7 heteroatoms. The minimum absolute atomic E-state index is 0.0598. The number of carbonyl (C=O) groups excluding carboxylic acids is 1. The molecule has 2 fully saturated rings.